The van der Waals surface area contributed by atoms with Gasteiger partial charge in [0.15, 0.2) is 6.61 Å². The molecule has 0 heterocycles. The van der Waals surface area contributed by atoms with E-state index in [-0.39, 0.29) is 11.5 Å². The van der Waals surface area contributed by atoms with Crippen molar-refractivity contribution in [3.63, 3.8) is 0 Å². The van der Waals surface area contributed by atoms with E-state index < -0.39 is 15.9 Å². The summed E-state index contributed by atoms with van der Waals surface area (Å²) in [5.41, 5.74) is 3.52. The van der Waals surface area contributed by atoms with E-state index in [2.05, 4.69) is 0 Å². The Morgan fingerprint density at radius 1 is 1.04 bits per heavy atom. The van der Waals surface area contributed by atoms with Crippen LogP contribution in [0.25, 0.3) is 0 Å². The van der Waals surface area contributed by atoms with Crippen molar-refractivity contribution in [2.45, 2.75) is 37.5 Å². The van der Waals surface area contributed by atoms with E-state index in [1.54, 1.807) is 12.1 Å². The second kappa shape index (κ2) is 7.27. The lowest BCUT2D eigenvalue weighted by molar-refractivity contribution is -0.121. The molecule has 0 saturated carbocycles. The molecule has 0 spiro atoms. The van der Waals surface area contributed by atoms with Gasteiger partial charge in [-0.05, 0) is 68.0 Å². The van der Waals surface area contributed by atoms with Gasteiger partial charge in [0, 0.05) is 0 Å². The van der Waals surface area contributed by atoms with Crippen molar-refractivity contribution in [1.82, 2.24) is 4.72 Å². The maximum absolute atomic E-state index is 12.2. The summed E-state index contributed by atoms with van der Waals surface area (Å²) in [5, 5.41) is 0. The van der Waals surface area contributed by atoms with Crippen molar-refractivity contribution in [3.8, 4) is 5.75 Å². The molecule has 1 N–H and O–H groups in total. The van der Waals surface area contributed by atoms with Crippen molar-refractivity contribution in [2.75, 3.05) is 6.61 Å². The molecule has 132 valence electrons. The largest absolute Gasteiger partial charge is 0.484 e. The predicted octanol–water partition coefficient (Wildman–Crippen LogP) is 2.76. The number of fused-ring (bicyclic) bond motifs is 1. The molecule has 0 fully saturated rings. The Bertz CT molecular complexity index is 873. The Labute approximate surface area is 148 Å². The second-order valence-electron chi connectivity index (χ2n) is 6.27. The molecule has 0 atom stereocenters. The van der Waals surface area contributed by atoms with Crippen molar-refractivity contribution in [1.29, 1.82) is 0 Å². The molecule has 0 saturated heterocycles. The van der Waals surface area contributed by atoms with Crippen molar-refractivity contribution in [2.24, 2.45) is 0 Å². The fourth-order valence-corrected chi connectivity index (χ4v) is 3.88. The van der Waals surface area contributed by atoms with Crippen molar-refractivity contribution in [3.05, 3.63) is 59.2 Å². The first-order valence-electron chi connectivity index (χ1n) is 8.31. The van der Waals surface area contributed by atoms with Crippen LogP contribution < -0.4 is 9.46 Å². The van der Waals surface area contributed by atoms with Crippen LogP contribution in [0, 0.1) is 6.92 Å². The molecule has 0 radical (unpaired) electrons. The number of ether oxygens (including phenoxy) is 1. The summed E-state index contributed by atoms with van der Waals surface area (Å²) in [7, 11) is -3.87. The minimum Gasteiger partial charge on any atom is -0.484 e. The molecule has 0 aromatic heterocycles. The molecule has 1 aliphatic carbocycles. The molecule has 3 rings (SSSR count). The Balaban J connectivity index is 1.60. The smallest absolute Gasteiger partial charge is 0.271 e. The van der Waals surface area contributed by atoms with E-state index in [1.807, 2.05) is 29.8 Å². The van der Waals surface area contributed by atoms with Crippen molar-refractivity contribution >= 4 is 15.9 Å². The van der Waals surface area contributed by atoms with E-state index >= 15 is 0 Å². The highest BCUT2D eigenvalue weighted by atomic mass is 32.2. The minimum absolute atomic E-state index is 0.0558. The number of benzene rings is 2. The van der Waals surface area contributed by atoms with Crippen LogP contribution in [-0.2, 0) is 27.7 Å². The number of rotatable bonds is 5. The van der Waals surface area contributed by atoms with Gasteiger partial charge < -0.3 is 4.74 Å². The monoisotopic (exact) mass is 359 g/mol. The third kappa shape index (κ3) is 4.39. The van der Waals surface area contributed by atoms with Gasteiger partial charge in [0.1, 0.15) is 5.75 Å². The minimum atomic E-state index is -3.87. The highest BCUT2D eigenvalue weighted by molar-refractivity contribution is 7.90. The zero-order valence-corrected chi connectivity index (χ0v) is 14.9. The number of amides is 1. The van der Waals surface area contributed by atoms with Crippen LogP contribution in [0.5, 0.6) is 5.75 Å². The fourth-order valence-electron chi connectivity index (χ4n) is 2.90. The molecular weight excluding hydrogens is 338 g/mol. The molecule has 0 unspecified atom stereocenters. The normalized spacial score (nSPS) is 13.8. The van der Waals surface area contributed by atoms with Gasteiger partial charge >= 0.3 is 0 Å². The first-order chi connectivity index (χ1) is 11.9. The Kier molecular flexibility index (Phi) is 5.08. The average molecular weight is 359 g/mol. The van der Waals surface area contributed by atoms with Gasteiger partial charge in [-0.2, -0.15) is 0 Å². The Morgan fingerprint density at radius 2 is 1.72 bits per heavy atom. The third-order valence-electron chi connectivity index (χ3n) is 4.27. The van der Waals surface area contributed by atoms with E-state index in [4.69, 9.17) is 4.74 Å². The zero-order valence-electron chi connectivity index (χ0n) is 14.1. The van der Waals surface area contributed by atoms with Gasteiger partial charge in [-0.25, -0.2) is 13.1 Å². The number of carbonyl (C=O) groups excluding carboxylic acids is 1. The van der Waals surface area contributed by atoms with Gasteiger partial charge in [-0.15, -0.1) is 0 Å². The first kappa shape index (κ1) is 17.5. The molecule has 1 aliphatic rings. The van der Waals surface area contributed by atoms with E-state index in [0.29, 0.717) is 5.75 Å². The number of hydrogen-bond donors (Lipinski definition) is 1. The summed E-state index contributed by atoms with van der Waals surface area (Å²) < 4.78 is 31.8. The molecule has 2 aromatic carbocycles. The summed E-state index contributed by atoms with van der Waals surface area (Å²) in [6, 6.07) is 12.1. The summed E-state index contributed by atoms with van der Waals surface area (Å²) in [4.78, 5) is 12.0. The highest BCUT2D eigenvalue weighted by Crippen LogP contribution is 2.25. The average Bonchev–Trinajstić information content (AvgIpc) is 2.60. The van der Waals surface area contributed by atoms with Gasteiger partial charge in [-0.3, -0.25) is 4.79 Å². The topological polar surface area (TPSA) is 72.5 Å². The zero-order chi connectivity index (χ0) is 17.9. The van der Waals surface area contributed by atoms with Gasteiger partial charge in [0.2, 0.25) is 0 Å². The molecule has 5 nitrogen and oxygen atoms in total. The summed E-state index contributed by atoms with van der Waals surface area (Å²) in [6.07, 6.45) is 4.45. The van der Waals surface area contributed by atoms with Crippen LogP contribution in [-0.4, -0.2) is 20.9 Å². The molecule has 6 heteroatoms. The Hall–Kier alpha value is -2.34. The van der Waals surface area contributed by atoms with Crippen molar-refractivity contribution < 1.29 is 17.9 Å². The fraction of sp³-hybridized carbons (Fsp3) is 0.316. The lowest BCUT2D eigenvalue weighted by Crippen LogP contribution is -2.34. The Morgan fingerprint density at radius 3 is 2.44 bits per heavy atom. The van der Waals surface area contributed by atoms with Crippen LogP contribution in [0.2, 0.25) is 0 Å². The summed E-state index contributed by atoms with van der Waals surface area (Å²) in [6.45, 7) is 1.52. The van der Waals surface area contributed by atoms with Gasteiger partial charge in [0.05, 0.1) is 4.90 Å². The predicted molar refractivity (Wildman–Crippen MR) is 95.1 cm³/mol. The summed E-state index contributed by atoms with van der Waals surface area (Å²) in [5.74, 6) is -0.109. The van der Waals surface area contributed by atoms with E-state index in [9.17, 15) is 13.2 Å². The molecule has 1 amide bonds. The number of hydrogen-bond acceptors (Lipinski definition) is 4. The third-order valence-corrected chi connectivity index (χ3v) is 5.66. The molecular formula is C19H21NO4S. The van der Waals surface area contributed by atoms with Crippen LogP contribution in [0.3, 0.4) is 0 Å². The van der Waals surface area contributed by atoms with Crippen LogP contribution in [0.1, 0.15) is 29.5 Å². The lowest BCUT2D eigenvalue weighted by Gasteiger charge is -2.16. The number of sulfonamides is 1. The summed E-state index contributed by atoms with van der Waals surface area (Å²) >= 11 is 0. The molecule has 0 aliphatic heterocycles. The number of aryl methyl sites for hydroxylation is 3. The lowest BCUT2D eigenvalue weighted by atomic mass is 9.92. The van der Waals surface area contributed by atoms with E-state index in [1.165, 1.54) is 29.7 Å². The standard InChI is InChI=1S/C19H21NO4S/c1-14-6-10-18(11-7-14)25(22,23)20-19(21)13-24-17-9-8-15-4-2-3-5-16(15)12-17/h6-12H,2-5,13H2,1H3,(H,20,21). The maximum atomic E-state index is 12.2. The van der Waals surface area contributed by atoms with Gasteiger partial charge in [-0.1, -0.05) is 23.8 Å². The van der Waals surface area contributed by atoms with Crippen LogP contribution in [0.4, 0.5) is 0 Å². The molecule has 0 bridgehead atoms. The number of carbonyl (C=O) groups is 1. The van der Waals surface area contributed by atoms with E-state index in [0.717, 1.165) is 24.8 Å². The van der Waals surface area contributed by atoms with Crippen LogP contribution in [0.15, 0.2) is 47.4 Å². The molecule has 2 aromatic rings. The quantitative estimate of drug-likeness (QED) is 0.891. The second-order valence-corrected chi connectivity index (χ2v) is 7.95. The highest BCUT2D eigenvalue weighted by Gasteiger charge is 2.18. The first-order valence-corrected chi connectivity index (χ1v) is 9.79. The number of nitrogens with one attached hydrogen (secondary N) is 1. The SMILES string of the molecule is Cc1ccc(S(=O)(=O)NC(=O)COc2ccc3c(c2)CCCC3)cc1. The van der Waals surface area contributed by atoms with Gasteiger partial charge in [0.25, 0.3) is 15.9 Å². The maximum Gasteiger partial charge on any atom is 0.271 e. The van der Waals surface area contributed by atoms with Crippen LogP contribution >= 0.6 is 0 Å². The molecule has 25 heavy (non-hydrogen) atoms.